The Labute approximate surface area is 120 Å². The van der Waals surface area contributed by atoms with Gasteiger partial charge in [-0.15, -0.1) is 0 Å². The maximum Gasteiger partial charge on any atom is 0.123 e. The molecule has 1 N–H and O–H groups in total. The lowest BCUT2D eigenvalue weighted by Gasteiger charge is -2.26. The first kappa shape index (κ1) is 14.7. The number of hydrogen-bond donors (Lipinski definition) is 1. The van der Waals surface area contributed by atoms with E-state index in [0.29, 0.717) is 6.04 Å². The van der Waals surface area contributed by atoms with Crippen LogP contribution in [0, 0.1) is 5.82 Å². The molecule has 1 nitrogen and oxygen atoms in total. The van der Waals surface area contributed by atoms with E-state index in [9.17, 15) is 4.39 Å². The first-order valence-corrected chi connectivity index (χ1v) is 7.26. The van der Waals surface area contributed by atoms with Crippen LogP contribution in [-0.4, -0.2) is 12.6 Å². The quantitative estimate of drug-likeness (QED) is 0.824. The minimum absolute atomic E-state index is 0.185. The van der Waals surface area contributed by atoms with Gasteiger partial charge < -0.3 is 5.32 Å². The zero-order chi connectivity index (χ0) is 14.4. The molecule has 0 fully saturated rings. The molecule has 2 atom stereocenters. The zero-order valence-corrected chi connectivity index (χ0v) is 12.1. The fourth-order valence-electron chi connectivity index (χ4n) is 2.59. The van der Waals surface area contributed by atoms with Gasteiger partial charge in [0.1, 0.15) is 5.82 Å². The van der Waals surface area contributed by atoms with Crippen LogP contribution >= 0.6 is 0 Å². The first-order chi connectivity index (χ1) is 9.72. The van der Waals surface area contributed by atoms with E-state index in [1.165, 1.54) is 17.7 Å². The number of hydrogen-bond acceptors (Lipinski definition) is 1. The van der Waals surface area contributed by atoms with Crippen molar-refractivity contribution in [1.82, 2.24) is 5.32 Å². The molecule has 0 saturated carbocycles. The Hall–Kier alpha value is -1.67. The second-order valence-electron chi connectivity index (χ2n) is 5.18. The Morgan fingerprint density at radius 3 is 2.15 bits per heavy atom. The summed E-state index contributed by atoms with van der Waals surface area (Å²) in [5, 5.41) is 3.55. The molecular formula is C18H22FN. The minimum Gasteiger partial charge on any atom is -0.313 e. The molecule has 0 aliphatic heterocycles. The van der Waals surface area contributed by atoms with Gasteiger partial charge in [-0.2, -0.15) is 0 Å². The predicted octanol–water partition coefficient (Wildman–Crippen LogP) is 4.35. The van der Waals surface area contributed by atoms with Crippen molar-refractivity contribution >= 4 is 0 Å². The maximum absolute atomic E-state index is 13.1. The van der Waals surface area contributed by atoms with Crippen molar-refractivity contribution < 1.29 is 4.39 Å². The van der Waals surface area contributed by atoms with Gasteiger partial charge in [0.15, 0.2) is 0 Å². The molecule has 20 heavy (non-hydrogen) atoms. The van der Waals surface area contributed by atoms with Crippen LogP contribution in [0.4, 0.5) is 4.39 Å². The van der Waals surface area contributed by atoms with Gasteiger partial charge in [-0.3, -0.25) is 0 Å². The van der Waals surface area contributed by atoms with E-state index in [1.54, 1.807) is 0 Å². The SMILES string of the molecule is CCCNC(C)C(c1ccccc1)c1ccc(F)cc1. The summed E-state index contributed by atoms with van der Waals surface area (Å²) in [4.78, 5) is 0. The number of halogens is 1. The molecule has 0 saturated heterocycles. The van der Waals surface area contributed by atoms with Crippen LogP contribution in [0.1, 0.15) is 37.3 Å². The van der Waals surface area contributed by atoms with Crippen LogP contribution in [0.3, 0.4) is 0 Å². The Morgan fingerprint density at radius 1 is 0.950 bits per heavy atom. The summed E-state index contributed by atoms with van der Waals surface area (Å²) in [7, 11) is 0. The van der Waals surface area contributed by atoms with Gasteiger partial charge >= 0.3 is 0 Å². The van der Waals surface area contributed by atoms with Gasteiger partial charge in [-0.25, -0.2) is 4.39 Å². The van der Waals surface area contributed by atoms with Crippen molar-refractivity contribution in [2.45, 2.75) is 32.2 Å². The molecule has 2 heteroatoms. The highest BCUT2D eigenvalue weighted by atomic mass is 19.1. The van der Waals surface area contributed by atoms with Gasteiger partial charge in [-0.1, -0.05) is 49.4 Å². The van der Waals surface area contributed by atoms with Crippen molar-refractivity contribution in [2.75, 3.05) is 6.54 Å². The lowest BCUT2D eigenvalue weighted by atomic mass is 9.86. The summed E-state index contributed by atoms with van der Waals surface area (Å²) >= 11 is 0. The topological polar surface area (TPSA) is 12.0 Å². The first-order valence-electron chi connectivity index (χ1n) is 7.26. The van der Waals surface area contributed by atoms with Crippen LogP contribution in [0.15, 0.2) is 54.6 Å². The Bertz CT molecular complexity index is 507. The zero-order valence-electron chi connectivity index (χ0n) is 12.1. The van der Waals surface area contributed by atoms with Crippen molar-refractivity contribution in [3.63, 3.8) is 0 Å². The van der Waals surface area contributed by atoms with Crippen LogP contribution in [0.25, 0.3) is 0 Å². The third-order valence-corrected chi connectivity index (χ3v) is 3.60. The van der Waals surface area contributed by atoms with E-state index < -0.39 is 0 Å². The summed E-state index contributed by atoms with van der Waals surface area (Å²) in [6, 6.07) is 17.6. The molecule has 2 aromatic rings. The summed E-state index contributed by atoms with van der Waals surface area (Å²) in [6.07, 6.45) is 1.11. The van der Waals surface area contributed by atoms with E-state index in [4.69, 9.17) is 0 Å². The predicted molar refractivity (Wildman–Crippen MR) is 82.4 cm³/mol. The molecule has 0 aliphatic rings. The molecule has 0 aliphatic carbocycles. The van der Waals surface area contributed by atoms with Crippen molar-refractivity contribution in [1.29, 1.82) is 0 Å². The second kappa shape index (κ2) is 7.20. The van der Waals surface area contributed by atoms with Crippen LogP contribution in [0.5, 0.6) is 0 Å². The molecule has 106 valence electrons. The summed E-state index contributed by atoms with van der Waals surface area (Å²) in [6.45, 7) is 5.34. The molecule has 2 rings (SSSR count). The second-order valence-corrected chi connectivity index (χ2v) is 5.18. The van der Waals surface area contributed by atoms with Crippen LogP contribution in [-0.2, 0) is 0 Å². The summed E-state index contributed by atoms with van der Waals surface area (Å²) in [5.74, 6) is 0.0538. The highest BCUT2D eigenvalue weighted by Crippen LogP contribution is 2.28. The van der Waals surface area contributed by atoms with Crippen molar-refractivity contribution in [3.05, 3.63) is 71.5 Å². The third-order valence-electron chi connectivity index (χ3n) is 3.60. The molecule has 0 aromatic heterocycles. The molecule has 0 spiro atoms. The van der Waals surface area contributed by atoms with E-state index in [-0.39, 0.29) is 11.7 Å². The van der Waals surface area contributed by atoms with Crippen molar-refractivity contribution in [3.8, 4) is 0 Å². The van der Waals surface area contributed by atoms with E-state index in [2.05, 4.69) is 43.4 Å². The van der Waals surface area contributed by atoms with E-state index in [1.807, 2.05) is 18.2 Å². The van der Waals surface area contributed by atoms with Crippen LogP contribution < -0.4 is 5.32 Å². The Morgan fingerprint density at radius 2 is 1.55 bits per heavy atom. The molecule has 0 amide bonds. The molecule has 0 heterocycles. The summed E-state index contributed by atoms with van der Waals surface area (Å²) < 4.78 is 13.1. The highest BCUT2D eigenvalue weighted by molar-refractivity contribution is 5.34. The van der Waals surface area contributed by atoms with Gasteiger partial charge in [0.25, 0.3) is 0 Å². The fraction of sp³-hybridized carbons (Fsp3) is 0.333. The highest BCUT2D eigenvalue weighted by Gasteiger charge is 2.20. The largest absolute Gasteiger partial charge is 0.313 e. The molecule has 2 aromatic carbocycles. The van der Waals surface area contributed by atoms with Gasteiger partial charge in [0, 0.05) is 12.0 Å². The Balaban J connectivity index is 2.31. The molecule has 0 radical (unpaired) electrons. The normalized spacial score (nSPS) is 13.9. The van der Waals surface area contributed by atoms with Gasteiger partial charge in [0.2, 0.25) is 0 Å². The maximum atomic E-state index is 13.1. The average molecular weight is 271 g/mol. The molecule has 0 bridgehead atoms. The molecule has 2 unspecified atom stereocenters. The van der Waals surface area contributed by atoms with E-state index >= 15 is 0 Å². The van der Waals surface area contributed by atoms with Crippen molar-refractivity contribution in [2.24, 2.45) is 0 Å². The summed E-state index contributed by atoms with van der Waals surface area (Å²) in [5.41, 5.74) is 2.41. The van der Waals surface area contributed by atoms with Crippen LogP contribution in [0.2, 0.25) is 0 Å². The lowest BCUT2D eigenvalue weighted by Crippen LogP contribution is -2.33. The van der Waals surface area contributed by atoms with Gasteiger partial charge in [0.05, 0.1) is 0 Å². The average Bonchev–Trinajstić information content (AvgIpc) is 2.48. The number of benzene rings is 2. The lowest BCUT2D eigenvalue weighted by molar-refractivity contribution is 0.498. The monoisotopic (exact) mass is 271 g/mol. The third kappa shape index (κ3) is 3.67. The standard InChI is InChI=1S/C18H22FN/c1-3-13-20-14(2)18(15-7-5-4-6-8-15)16-9-11-17(19)12-10-16/h4-12,14,18,20H,3,13H2,1-2H3. The molecular weight excluding hydrogens is 249 g/mol. The fourth-order valence-corrected chi connectivity index (χ4v) is 2.59. The number of nitrogens with one attached hydrogen (secondary N) is 1. The van der Waals surface area contributed by atoms with E-state index in [0.717, 1.165) is 18.5 Å². The van der Waals surface area contributed by atoms with Gasteiger partial charge in [-0.05, 0) is 43.1 Å². The minimum atomic E-state index is -0.185. The smallest absolute Gasteiger partial charge is 0.123 e. The number of rotatable bonds is 6. The Kier molecular flexibility index (Phi) is 5.31.